The zero-order valence-electron chi connectivity index (χ0n) is 23.2. The number of thioether (sulfide) groups is 1. The molecule has 2 atom stereocenters. The quantitative estimate of drug-likeness (QED) is 0.301. The highest BCUT2D eigenvalue weighted by molar-refractivity contribution is 8.01. The maximum absolute atomic E-state index is 13.8. The largest absolute Gasteiger partial charge is 0.474 e. The SMILES string of the molecule is O=C1CC(c2ccc(N3CCCCC3)cc2)(c2cccc(OC3CCCCC3)n2)NC(=O)C1Sc1ccccc1Cl. The number of hydrogen-bond donors (Lipinski definition) is 1. The predicted molar refractivity (Wildman–Crippen MR) is 164 cm³/mol. The Morgan fingerprint density at radius 1 is 0.878 bits per heavy atom. The lowest BCUT2D eigenvalue weighted by molar-refractivity contribution is -0.133. The van der Waals surface area contributed by atoms with Gasteiger partial charge in [-0.1, -0.05) is 48.4 Å². The second-order valence-corrected chi connectivity index (χ2v) is 12.9. The monoisotopic (exact) mass is 589 g/mol. The van der Waals surface area contributed by atoms with Crippen LogP contribution in [0.4, 0.5) is 5.69 Å². The molecule has 2 saturated heterocycles. The molecule has 6 rings (SSSR count). The Bertz CT molecular complexity index is 1370. The average molecular weight is 590 g/mol. The Hall–Kier alpha value is -3.03. The molecule has 3 aliphatic rings. The van der Waals surface area contributed by atoms with E-state index in [-0.39, 0.29) is 24.2 Å². The topological polar surface area (TPSA) is 71.5 Å². The van der Waals surface area contributed by atoms with Gasteiger partial charge in [0.05, 0.1) is 10.7 Å². The number of nitrogens with one attached hydrogen (secondary N) is 1. The van der Waals surface area contributed by atoms with Crippen molar-refractivity contribution < 1.29 is 14.3 Å². The summed E-state index contributed by atoms with van der Waals surface area (Å²) >= 11 is 7.57. The minimum absolute atomic E-state index is 0.0871. The van der Waals surface area contributed by atoms with Gasteiger partial charge < -0.3 is 15.0 Å². The van der Waals surface area contributed by atoms with E-state index in [1.165, 1.54) is 37.4 Å². The van der Waals surface area contributed by atoms with Gasteiger partial charge in [-0.15, -0.1) is 11.8 Å². The van der Waals surface area contributed by atoms with Crippen molar-refractivity contribution in [1.29, 1.82) is 0 Å². The number of rotatable bonds is 7. The lowest BCUT2D eigenvalue weighted by Gasteiger charge is -2.40. The van der Waals surface area contributed by atoms with Crippen molar-refractivity contribution in [1.82, 2.24) is 10.3 Å². The maximum atomic E-state index is 13.8. The fourth-order valence-electron chi connectivity index (χ4n) is 6.26. The van der Waals surface area contributed by atoms with Crippen LogP contribution in [0, 0.1) is 0 Å². The summed E-state index contributed by atoms with van der Waals surface area (Å²) < 4.78 is 6.30. The van der Waals surface area contributed by atoms with Gasteiger partial charge in [0.15, 0.2) is 5.78 Å². The highest BCUT2D eigenvalue weighted by atomic mass is 35.5. The summed E-state index contributed by atoms with van der Waals surface area (Å²) in [6, 6.07) is 21.2. The number of pyridine rings is 1. The molecule has 2 aromatic carbocycles. The Kier molecular flexibility index (Phi) is 8.54. The normalized spacial score (nSPS) is 23.7. The molecule has 1 saturated carbocycles. The number of ketones is 1. The molecule has 6 nitrogen and oxygen atoms in total. The van der Waals surface area contributed by atoms with Crippen molar-refractivity contribution in [3.05, 3.63) is 83.0 Å². The van der Waals surface area contributed by atoms with Crippen LogP contribution in [-0.2, 0) is 15.1 Å². The molecule has 8 heteroatoms. The number of piperidine rings is 2. The number of halogens is 1. The van der Waals surface area contributed by atoms with E-state index in [0.717, 1.165) is 50.0 Å². The van der Waals surface area contributed by atoms with Gasteiger partial charge in [0.1, 0.15) is 16.9 Å². The van der Waals surface area contributed by atoms with Crippen LogP contribution in [0.2, 0.25) is 5.02 Å². The van der Waals surface area contributed by atoms with Gasteiger partial charge in [-0.25, -0.2) is 4.98 Å². The highest BCUT2D eigenvalue weighted by Crippen LogP contribution is 2.41. The summed E-state index contributed by atoms with van der Waals surface area (Å²) in [5.41, 5.74) is 1.51. The summed E-state index contributed by atoms with van der Waals surface area (Å²) in [5.74, 6) is 0.0406. The van der Waals surface area contributed by atoms with E-state index in [4.69, 9.17) is 21.3 Å². The van der Waals surface area contributed by atoms with Gasteiger partial charge in [-0.05, 0) is 80.8 Å². The van der Waals surface area contributed by atoms with Crippen LogP contribution in [0.3, 0.4) is 0 Å². The van der Waals surface area contributed by atoms with Crippen molar-refractivity contribution in [2.75, 3.05) is 18.0 Å². The smallest absolute Gasteiger partial charge is 0.242 e. The number of benzene rings is 2. The molecule has 2 aliphatic heterocycles. The third-order valence-corrected chi connectivity index (χ3v) is 10.2. The Balaban J connectivity index is 1.33. The van der Waals surface area contributed by atoms with Gasteiger partial charge in [-0.2, -0.15) is 0 Å². The lowest BCUT2D eigenvalue weighted by Crippen LogP contribution is -2.58. The summed E-state index contributed by atoms with van der Waals surface area (Å²) in [6.07, 6.45) is 9.48. The van der Waals surface area contributed by atoms with E-state index in [2.05, 4.69) is 22.3 Å². The van der Waals surface area contributed by atoms with Gasteiger partial charge >= 0.3 is 0 Å². The minimum atomic E-state index is -1.10. The predicted octanol–water partition coefficient (Wildman–Crippen LogP) is 6.93. The molecule has 1 aromatic heterocycles. The number of ether oxygens (including phenoxy) is 1. The summed E-state index contributed by atoms with van der Waals surface area (Å²) in [4.78, 5) is 35.6. The van der Waals surface area contributed by atoms with E-state index in [9.17, 15) is 9.59 Å². The first-order valence-corrected chi connectivity index (χ1v) is 16.0. The van der Waals surface area contributed by atoms with E-state index in [0.29, 0.717) is 21.5 Å². The van der Waals surface area contributed by atoms with Gasteiger partial charge in [-0.3, -0.25) is 9.59 Å². The van der Waals surface area contributed by atoms with Crippen LogP contribution in [0.5, 0.6) is 5.88 Å². The molecule has 0 bridgehead atoms. The number of hydrogen-bond acceptors (Lipinski definition) is 6. The maximum Gasteiger partial charge on any atom is 0.242 e. The Morgan fingerprint density at radius 2 is 1.61 bits per heavy atom. The van der Waals surface area contributed by atoms with Crippen LogP contribution in [0.25, 0.3) is 0 Å². The fraction of sp³-hybridized carbons (Fsp3) is 0.424. The molecule has 3 aromatic rings. The second-order valence-electron chi connectivity index (χ2n) is 11.3. The number of anilines is 1. The van der Waals surface area contributed by atoms with Crippen molar-refractivity contribution in [3.63, 3.8) is 0 Å². The molecule has 2 unspecified atom stereocenters. The van der Waals surface area contributed by atoms with Gasteiger partial charge in [0.25, 0.3) is 0 Å². The number of nitrogens with zero attached hydrogens (tertiary/aromatic N) is 2. The molecular formula is C33H36ClN3O3S. The molecule has 3 fully saturated rings. The molecule has 214 valence electrons. The first kappa shape index (κ1) is 28.1. The summed E-state index contributed by atoms with van der Waals surface area (Å²) in [6.45, 7) is 2.09. The molecule has 1 amide bonds. The molecule has 0 radical (unpaired) electrons. The molecule has 3 heterocycles. The van der Waals surface area contributed by atoms with Crippen molar-refractivity contribution in [2.24, 2.45) is 0 Å². The highest BCUT2D eigenvalue weighted by Gasteiger charge is 2.48. The van der Waals surface area contributed by atoms with Crippen molar-refractivity contribution in [2.45, 2.75) is 79.6 Å². The first-order chi connectivity index (χ1) is 20.0. The van der Waals surface area contributed by atoms with Crippen LogP contribution in [0.1, 0.15) is 69.0 Å². The summed E-state index contributed by atoms with van der Waals surface area (Å²) in [7, 11) is 0. The van der Waals surface area contributed by atoms with Crippen LogP contribution < -0.4 is 15.0 Å². The third-order valence-electron chi connectivity index (χ3n) is 8.47. The van der Waals surface area contributed by atoms with E-state index in [1.807, 2.05) is 48.5 Å². The molecule has 1 N–H and O–H groups in total. The second kappa shape index (κ2) is 12.5. The Morgan fingerprint density at radius 3 is 2.34 bits per heavy atom. The van der Waals surface area contributed by atoms with Crippen molar-refractivity contribution >= 4 is 40.7 Å². The van der Waals surface area contributed by atoms with Gasteiger partial charge in [0.2, 0.25) is 11.8 Å². The molecular weight excluding hydrogens is 554 g/mol. The molecule has 41 heavy (non-hydrogen) atoms. The van der Waals surface area contributed by atoms with E-state index < -0.39 is 10.8 Å². The minimum Gasteiger partial charge on any atom is -0.474 e. The number of aromatic nitrogens is 1. The van der Waals surface area contributed by atoms with Crippen molar-refractivity contribution in [3.8, 4) is 5.88 Å². The third kappa shape index (κ3) is 6.12. The molecule has 0 spiro atoms. The zero-order chi connectivity index (χ0) is 28.2. The van der Waals surface area contributed by atoms with Gasteiger partial charge in [0, 0.05) is 36.2 Å². The molecule has 1 aliphatic carbocycles. The number of carbonyl (C=O) groups excluding carboxylic acids is 2. The summed E-state index contributed by atoms with van der Waals surface area (Å²) in [5, 5.41) is 2.89. The Labute approximate surface area is 251 Å². The number of carbonyl (C=O) groups is 2. The standard InChI is InChI=1S/C33H36ClN3O3S/c34-26-12-5-6-13-28(26)41-31-27(38)22-33(36-32(31)39,23-16-18-24(19-17-23)37-20-7-2-8-21-37)29-14-9-15-30(35-29)40-25-10-3-1-4-11-25/h5-6,9,12-19,25,31H,1-4,7-8,10-11,20-22H2,(H,36,39). The number of amides is 1. The van der Waals surface area contributed by atoms with E-state index >= 15 is 0 Å². The zero-order valence-corrected chi connectivity index (χ0v) is 24.8. The van der Waals surface area contributed by atoms with Crippen LogP contribution in [0.15, 0.2) is 71.6 Å². The average Bonchev–Trinajstić information content (AvgIpc) is 3.01. The van der Waals surface area contributed by atoms with Crippen LogP contribution >= 0.6 is 23.4 Å². The number of Topliss-reactive ketones (excluding diaryl/α,β-unsaturated/α-hetero) is 1. The first-order valence-electron chi connectivity index (χ1n) is 14.8. The van der Waals surface area contributed by atoms with E-state index in [1.54, 1.807) is 6.07 Å². The van der Waals surface area contributed by atoms with Crippen LogP contribution in [-0.4, -0.2) is 41.1 Å². The fourth-order valence-corrected chi connectivity index (χ4v) is 7.51. The lowest BCUT2D eigenvalue weighted by atomic mass is 9.78.